The minimum Gasteiger partial charge on any atom is -0.296 e. The van der Waals surface area contributed by atoms with Crippen LogP contribution in [0.4, 0.5) is 9.52 Å². The first-order chi connectivity index (χ1) is 11.1. The van der Waals surface area contributed by atoms with E-state index >= 15 is 0 Å². The molecule has 1 N–H and O–H groups in total. The van der Waals surface area contributed by atoms with E-state index in [1.165, 1.54) is 29.7 Å². The molecule has 2 heterocycles. The van der Waals surface area contributed by atoms with E-state index in [0.29, 0.717) is 16.4 Å². The maximum atomic E-state index is 13.1. The monoisotopic (exact) mass is 331 g/mol. The maximum absolute atomic E-state index is 13.1. The van der Waals surface area contributed by atoms with Crippen molar-refractivity contribution >= 4 is 22.4 Å². The molecule has 23 heavy (non-hydrogen) atoms. The molecule has 6 nitrogen and oxygen atoms in total. The van der Waals surface area contributed by atoms with Crippen molar-refractivity contribution in [3.05, 3.63) is 53.0 Å². The molecule has 0 saturated heterocycles. The number of amides is 1. The van der Waals surface area contributed by atoms with Gasteiger partial charge in [0.05, 0.1) is 23.1 Å². The lowest BCUT2D eigenvalue weighted by Crippen LogP contribution is -2.15. The third kappa shape index (κ3) is 3.11. The summed E-state index contributed by atoms with van der Waals surface area (Å²) in [4.78, 5) is 12.5. The number of aromatic nitrogens is 4. The smallest absolute Gasteiger partial charge is 0.260 e. The lowest BCUT2D eigenvalue weighted by Gasteiger charge is -2.12. The molecule has 2 aromatic heterocycles. The average Bonchev–Trinajstić information content (AvgIpc) is 3.16. The van der Waals surface area contributed by atoms with E-state index in [9.17, 15) is 9.18 Å². The van der Waals surface area contributed by atoms with Crippen LogP contribution < -0.4 is 5.32 Å². The first-order valence-electron chi connectivity index (χ1n) is 6.97. The van der Waals surface area contributed by atoms with Gasteiger partial charge >= 0.3 is 0 Å². The van der Waals surface area contributed by atoms with E-state index in [2.05, 4.69) is 20.6 Å². The molecule has 0 radical (unpaired) electrons. The molecule has 3 rings (SSSR count). The van der Waals surface area contributed by atoms with Crippen LogP contribution in [0.15, 0.2) is 36.0 Å². The Morgan fingerprint density at radius 1 is 1.30 bits per heavy atom. The van der Waals surface area contributed by atoms with E-state index in [1.54, 1.807) is 22.3 Å². The van der Waals surface area contributed by atoms with Crippen LogP contribution in [0.3, 0.4) is 0 Å². The quantitative estimate of drug-likeness (QED) is 0.796. The molecule has 0 spiro atoms. The number of nitrogens with zero attached hydrogens (tertiary/aromatic N) is 4. The summed E-state index contributed by atoms with van der Waals surface area (Å²) in [5.74, 6) is -0.558. The Kier molecular flexibility index (Phi) is 4.16. The largest absolute Gasteiger partial charge is 0.296 e. The SMILES string of the molecule is CC(C)c1c(C(=O)Nc2nncs2)cnn1-c1ccc(F)cc1. The number of halogens is 1. The van der Waals surface area contributed by atoms with E-state index in [1.807, 2.05) is 13.8 Å². The zero-order valence-corrected chi connectivity index (χ0v) is 13.3. The summed E-state index contributed by atoms with van der Waals surface area (Å²) in [6, 6.07) is 5.98. The van der Waals surface area contributed by atoms with Crippen molar-refractivity contribution in [1.82, 2.24) is 20.0 Å². The highest BCUT2D eigenvalue weighted by molar-refractivity contribution is 7.13. The van der Waals surface area contributed by atoms with Crippen LogP contribution in [0.1, 0.15) is 35.8 Å². The summed E-state index contributed by atoms with van der Waals surface area (Å²) < 4.78 is 14.8. The van der Waals surface area contributed by atoms with Gasteiger partial charge in [0, 0.05) is 0 Å². The van der Waals surface area contributed by atoms with Crippen molar-refractivity contribution in [3.63, 3.8) is 0 Å². The lowest BCUT2D eigenvalue weighted by atomic mass is 10.1. The number of carbonyl (C=O) groups excluding carboxylic acids is 1. The van der Waals surface area contributed by atoms with Crippen LogP contribution in [0.25, 0.3) is 5.69 Å². The fourth-order valence-corrected chi connectivity index (χ4v) is 2.71. The number of benzene rings is 1. The van der Waals surface area contributed by atoms with Crippen LogP contribution >= 0.6 is 11.3 Å². The number of anilines is 1. The van der Waals surface area contributed by atoms with Crippen LogP contribution in [-0.4, -0.2) is 25.9 Å². The molecular formula is C15H14FN5OS. The van der Waals surface area contributed by atoms with Gasteiger partial charge < -0.3 is 0 Å². The second-order valence-corrected chi connectivity index (χ2v) is 6.02. The molecule has 0 unspecified atom stereocenters. The van der Waals surface area contributed by atoms with Gasteiger partial charge in [-0.15, -0.1) is 10.2 Å². The summed E-state index contributed by atoms with van der Waals surface area (Å²) in [6.45, 7) is 3.94. The number of carbonyl (C=O) groups is 1. The summed E-state index contributed by atoms with van der Waals surface area (Å²) >= 11 is 1.24. The molecule has 0 aliphatic heterocycles. The number of hydrogen-bond acceptors (Lipinski definition) is 5. The van der Waals surface area contributed by atoms with Crippen molar-refractivity contribution in [2.24, 2.45) is 0 Å². The normalized spacial score (nSPS) is 11.0. The van der Waals surface area contributed by atoms with Crippen molar-refractivity contribution < 1.29 is 9.18 Å². The maximum Gasteiger partial charge on any atom is 0.260 e. The zero-order chi connectivity index (χ0) is 16.4. The molecule has 0 aliphatic carbocycles. The topological polar surface area (TPSA) is 72.7 Å². The molecular weight excluding hydrogens is 317 g/mol. The van der Waals surface area contributed by atoms with Crippen LogP contribution in [0, 0.1) is 5.82 Å². The van der Waals surface area contributed by atoms with Crippen LogP contribution in [0.5, 0.6) is 0 Å². The van der Waals surface area contributed by atoms with Gasteiger partial charge in [-0.25, -0.2) is 9.07 Å². The van der Waals surface area contributed by atoms with E-state index in [-0.39, 0.29) is 17.6 Å². The highest BCUT2D eigenvalue weighted by Gasteiger charge is 2.21. The first kappa shape index (κ1) is 15.3. The van der Waals surface area contributed by atoms with E-state index in [0.717, 1.165) is 5.69 Å². The van der Waals surface area contributed by atoms with Crippen LogP contribution in [-0.2, 0) is 0 Å². The molecule has 118 valence electrons. The van der Waals surface area contributed by atoms with Crippen LogP contribution in [0.2, 0.25) is 0 Å². The predicted molar refractivity (Wildman–Crippen MR) is 85.5 cm³/mol. The summed E-state index contributed by atoms with van der Waals surface area (Å²) in [7, 11) is 0. The van der Waals surface area contributed by atoms with Gasteiger partial charge in [0.25, 0.3) is 5.91 Å². The number of rotatable bonds is 4. The highest BCUT2D eigenvalue weighted by atomic mass is 32.1. The van der Waals surface area contributed by atoms with Gasteiger partial charge in [0.1, 0.15) is 11.3 Å². The molecule has 0 bridgehead atoms. The molecule has 0 saturated carbocycles. The van der Waals surface area contributed by atoms with E-state index < -0.39 is 0 Å². The third-order valence-corrected chi connectivity index (χ3v) is 3.86. The Morgan fingerprint density at radius 3 is 2.65 bits per heavy atom. The minimum absolute atomic E-state index is 0.0534. The zero-order valence-electron chi connectivity index (χ0n) is 12.5. The number of nitrogens with one attached hydrogen (secondary N) is 1. The first-order valence-corrected chi connectivity index (χ1v) is 7.85. The average molecular weight is 331 g/mol. The predicted octanol–water partition coefficient (Wildman–Crippen LogP) is 3.24. The fourth-order valence-electron chi connectivity index (χ4n) is 2.27. The molecule has 1 amide bonds. The Bertz CT molecular complexity index is 811. The molecule has 0 aliphatic rings. The number of hydrogen-bond donors (Lipinski definition) is 1. The van der Waals surface area contributed by atoms with Gasteiger partial charge in [-0.05, 0) is 30.2 Å². The van der Waals surface area contributed by atoms with Crippen molar-refractivity contribution in [1.29, 1.82) is 0 Å². The van der Waals surface area contributed by atoms with E-state index in [4.69, 9.17) is 0 Å². The highest BCUT2D eigenvalue weighted by Crippen LogP contribution is 2.24. The molecule has 1 aromatic carbocycles. The van der Waals surface area contributed by atoms with Crippen molar-refractivity contribution in [3.8, 4) is 5.69 Å². The Morgan fingerprint density at radius 2 is 2.04 bits per heavy atom. The lowest BCUT2D eigenvalue weighted by molar-refractivity contribution is 0.102. The molecule has 0 atom stereocenters. The molecule has 3 aromatic rings. The fraction of sp³-hybridized carbons (Fsp3) is 0.200. The van der Waals surface area contributed by atoms with Gasteiger partial charge in [-0.3, -0.25) is 10.1 Å². The van der Waals surface area contributed by atoms with Gasteiger partial charge in [-0.1, -0.05) is 25.2 Å². The Hall–Kier alpha value is -2.61. The summed E-state index contributed by atoms with van der Waals surface area (Å²) in [5.41, 5.74) is 3.45. The second kappa shape index (κ2) is 6.25. The molecule has 8 heteroatoms. The second-order valence-electron chi connectivity index (χ2n) is 5.18. The van der Waals surface area contributed by atoms with Crippen molar-refractivity contribution in [2.45, 2.75) is 19.8 Å². The Balaban J connectivity index is 1.98. The third-order valence-electron chi connectivity index (χ3n) is 3.25. The standard InChI is InChI=1S/C15H14FN5OS/c1-9(2)13-12(14(22)19-15-20-17-8-23-15)7-18-21(13)11-5-3-10(16)4-6-11/h3-9H,1-2H3,(H,19,20,22). The van der Waals surface area contributed by atoms with Gasteiger partial charge in [0.2, 0.25) is 5.13 Å². The summed E-state index contributed by atoms with van der Waals surface area (Å²) in [6.07, 6.45) is 1.51. The van der Waals surface area contributed by atoms with Crippen molar-refractivity contribution in [2.75, 3.05) is 5.32 Å². The Labute approximate surface area is 136 Å². The van der Waals surface area contributed by atoms with Gasteiger partial charge in [-0.2, -0.15) is 5.10 Å². The van der Waals surface area contributed by atoms with Gasteiger partial charge in [0.15, 0.2) is 0 Å². The summed E-state index contributed by atoms with van der Waals surface area (Å²) in [5, 5.41) is 14.9. The minimum atomic E-state index is -0.318. The molecule has 0 fully saturated rings.